The quantitative estimate of drug-likeness (QED) is 0.288. The number of rotatable bonds is 6. The van der Waals surface area contributed by atoms with Crippen molar-refractivity contribution in [3.8, 4) is 0 Å². The second-order valence-corrected chi connectivity index (χ2v) is 11.2. The minimum atomic E-state index is -4.11. The molecule has 6 heteroatoms. The summed E-state index contributed by atoms with van der Waals surface area (Å²) in [5.74, 6) is -0.512. The van der Waals surface area contributed by atoms with Gasteiger partial charge in [0.15, 0.2) is 0 Å². The number of hydrogen-bond donors (Lipinski definition) is 0. The summed E-state index contributed by atoms with van der Waals surface area (Å²) in [7, 11) is -4.11. The van der Waals surface area contributed by atoms with Crippen molar-refractivity contribution >= 4 is 16.1 Å². The highest BCUT2D eigenvalue weighted by atomic mass is 32.2. The first-order chi connectivity index (χ1) is 13.5. The third kappa shape index (κ3) is 3.66. The molecule has 1 aromatic carbocycles. The van der Waals surface area contributed by atoms with Crippen LogP contribution in [0.15, 0.2) is 41.3 Å². The number of aryl methyl sites for hydroxylation is 1. The fraction of sp³-hybridized carbons (Fsp3) is 0.609. The third-order valence-corrected chi connectivity index (χ3v) is 8.55. The van der Waals surface area contributed by atoms with Gasteiger partial charge >= 0.3 is 5.97 Å². The zero-order valence-electron chi connectivity index (χ0n) is 17.4. The van der Waals surface area contributed by atoms with E-state index in [1.807, 2.05) is 13.0 Å². The molecule has 1 unspecified atom stereocenters. The predicted molar refractivity (Wildman–Crippen MR) is 109 cm³/mol. The maximum atomic E-state index is 13.2. The smallest absolute Gasteiger partial charge is 0.335 e. The van der Waals surface area contributed by atoms with Crippen LogP contribution in [-0.4, -0.2) is 20.2 Å². The van der Waals surface area contributed by atoms with E-state index in [1.54, 1.807) is 26.0 Å². The van der Waals surface area contributed by atoms with Crippen LogP contribution in [0.4, 0.5) is 0 Å². The molecule has 158 valence electrons. The largest absolute Gasteiger partial charge is 0.428 e. The minimum Gasteiger partial charge on any atom is -0.428 e. The van der Waals surface area contributed by atoms with Crippen molar-refractivity contribution in [3.63, 3.8) is 0 Å². The minimum absolute atomic E-state index is 0.0832. The van der Waals surface area contributed by atoms with E-state index in [0.717, 1.165) is 24.8 Å². The molecule has 1 atom stereocenters. The highest BCUT2D eigenvalue weighted by Gasteiger charge is 2.63. The number of carbonyl (C=O) groups excluding carboxylic acids is 1. The van der Waals surface area contributed by atoms with Crippen LogP contribution in [0.5, 0.6) is 0 Å². The van der Waals surface area contributed by atoms with Crippen LogP contribution >= 0.6 is 0 Å². The van der Waals surface area contributed by atoms with E-state index < -0.39 is 27.3 Å². The van der Waals surface area contributed by atoms with Crippen molar-refractivity contribution in [2.24, 2.45) is 23.2 Å². The summed E-state index contributed by atoms with van der Waals surface area (Å²) in [6.07, 6.45) is 6.07. The lowest BCUT2D eigenvalue weighted by Gasteiger charge is -2.61. The molecule has 0 spiro atoms. The summed E-state index contributed by atoms with van der Waals surface area (Å²) in [5, 5.41) is 0. The molecule has 4 saturated carbocycles. The third-order valence-electron chi connectivity index (χ3n) is 7.18. The van der Waals surface area contributed by atoms with Crippen molar-refractivity contribution < 1.29 is 22.1 Å². The Morgan fingerprint density at radius 2 is 1.69 bits per heavy atom. The molecular formula is C23H30O5S. The molecule has 0 N–H and O–H groups in total. The van der Waals surface area contributed by atoms with Gasteiger partial charge in [0, 0.05) is 17.9 Å². The van der Waals surface area contributed by atoms with Crippen molar-refractivity contribution in [1.29, 1.82) is 0 Å². The van der Waals surface area contributed by atoms with Gasteiger partial charge in [0.1, 0.15) is 0 Å². The molecule has 1 aromatic rings. The fourth-order valence-electron chi connectivity index (χ4n) is 6.17. The van der Waals surface area contributed by atoms with Crippen LogP contribution in [-0.2, 0) is 23.8 Å². The SMILES string of the molecule is C=C(C)C(=O)OC(C)(OS(=O)(=O)c1cccc(C)c1)C12CC3CC(CC(C3)C1)C2. The van der Waals surface area contributed by atoms with Gasteiger partial charge in [-0.25, -0.2) is 8.98 Å². The number of benzene rings is 1. The Morgan fingerprint density at radius 1 is 1.14 bits per heavy atom. The molecule has 4 aliphatic rings. The zero-order valence-corrected chi connectivity index (χ0v) is 18.3. The zero-order chi connectivity index (χ0) is 21.0. The van der Waals surface area contributed by atoms with Crippen LogP contribution in [0.25, 0.3) is 0 Å². The molecular weight excluding hydrogens is 388 g/mol. The van der Waals surface area contributed by atoms with E-state index in [1.165, 1.54) is 25.3 Å². The molecule has 4 bridgehead atoms. The molecule has 0 saturated heterocycles. The first kappa shape index (κ1) is 20.6. The number of ether oxygens (including phenoxy) is 1. The number of esters is 1. The Bertz CT molecular complexity index is 912. The maximum Gasteiger partial charge on any atom is 0.335 e. The van der Waals surface area contributed by atoms with Crippen LogP contribution < -0.4 is 0 Å². The van der Waals surface area contributed by atoms with E-state index in [-0.39, 0.29) is 10.5 Å². The van der Waals surface area contributed by atoms with Gasteiger partial charge in [-0.1, -0.05) is 18.7 Å². The highest BCUT2D eigenvalue weighted by molar-refractivity contribution is 7.86. The van der Waals surface area contributed by atoms with E-state index in [9.17, 15) is 13.2 Å². The van der Waals surface area contributed by atoms with Gasteiger partial charge in [-0.2, -0.15) is 8.42 Å². The topological polar surface area (TPSA) is 69.7 Å². The molecule has 29 heavy (non-hydrogen) atoms. The summed E-state index contributed by atoms with van der Waals surface area (Å²) in [6, 6.07) is 6.62. The maximum absolute atomic E-state index is 13.2. The highest BCUT2D eigenvalue weighted by Crippen LogP contribution is 2.65. The van der Waals surface area contributed by atoms with E-state index in [2.05, 4.69) is 6.58 Å². The van der Waals surface area contributed by atoms with Crippen molar-refractivity contribution in [2.45, 2.75) is 70.0 Å². The second kappa shape index (κ2) is 6.95. The van der Waals surface area contributed by atoms with Gasteiger partial charge in [-0.05, 0) is 87.8 Å². The van der Waals surface area contributed by atoms with Gasteiger partial charge < -0.3 is 4.74 Å². The summed E-state index contributed by atoms with van der Waals surface area (Å²) in [5.41, 5.74) is 0.576. The van der Waals surface area contributed by atoms with E-state index >= 15 is 0 Å². The summed E-state index contributed by atoms with van der Waals surface area (Å²) < 4.78 is 38.1. The molecule has 5 rings (SSSR count). The van der Waals surface area contributed by atoms with Gasteiger partial charge in [0.05, 0.1) is 4.90 Å². The number of hydrogen-bond acceptors (Lipinski definition) is 5. The van der Waals surface area contributed by atoms with Gasteiger partial charge in [0.2, 0.25) is 5.79 Å². The van der Waals surface area contributed by atoms with E-state index in [0.29, 0.717) is 17.8 Å². The average molecular weight is 419 g/mol. The molecule has 4 fully saturated rings. The Morgan fingerprint density at radius 3 is 2.17 bits per heavy atom. The summed E-state index contributed by atoms with van der Waals surface area (Å²) in [6.45, 7) is 8.72. The Labute approximate surface area is 173 Å². The van der Waals surface area contributed by atoms with Gasteiger partial charge in [0.25, 0.3) is 10.1 Å². The number of carbonyl (C=O) groups is 1. The fourth-order valence-corrected chi connectivity index (χ4v) is 7.47. The lowest BCUT2D eigenvalue weighted by Crippen LogP contribution is -2.60. The van der Waals surface area contributed by atoms with Crippen molar-refractivity contribution in [3.05, 3.63) is 42.0 Å². The van der Waals surface area contributed by atoms with Crippen LogP contribution in [0.2, 0.25) is 0 Å². The molecule has 0 aromatic heterocycles. The average Bonchev–Trinajstić information content (AvgIpc) is 2.59. The standard InChI is InChI=1S/C23H30O5S/c1-15(2)21(24)27-22(4,28-29(25,26)20-7-5-6-16(3)8-20)23-12-17-9-18(13-23)11-19(10-17)14-23/h5-8,17-19H,1,9-14H2,2-4H3. The molecule has 4 aliphatic carbocycles. The molecule has 0 radical (unpaired) electrons. The van der Waals surface area contributed by atoms with Crippen LogP contribution in [0.1, 0.15) is 57.9 Å². The summed E-state index contributed by atoms with van der Waals surface area (Å²) in [4.78, 5) is 12.6. The Kier molecular flexibility index (Phi) is 4.94. The molecule has 5 nitrogen and oxygen atoms in total. The molecule has 0 heterocycles. The molecule has 0 amide bonds. The van der Waals surface area contributed by atoms with Crippen LogP contribution in [0.3, 0.4) is 0 Å². The Balaban J connectivity index is 1.73. The van der Waals surface area contributed by atoms with E-state index in [4.69, 9.17) is 8.92 Å². The Hall–Kier alpha value is -1.66. The molecule has 0 aliphatic heterocycles. The first-order valence-electron chi connectivity index (χ1n) is 10.4. The summed E-state index contributed by atoms with van der Waals surface area (Å²) >= 11 is 0. The first-order valence-corrected chi connectivity index (χ1v) is 11.8. The van der Waals surface area contributed by atoms with Crippen LogP contribution in [0, 0.1) is 30.1 Å². The lowest BCUT2D eigenvalue weighted by atomic mass is 9.47. The van der Waals surface area contributed by atoms with Crippen molar-refractivity contribution in [2.75, 3.05) is 0 Å². The van der Waals surface area contributed by atoms with Gasteiger partial charge in [-0.3, -0.25) is 0 Å². The second-order valence-electron chi connectivity index (χ2n) is 9.67. The monoisotopic (exact) mass is 418 g/mol. The normalized spacial score (nSPS) is 32.6. The predicted octanol–water partition coefficient (Wildman–Crippen LogP) is 4.75. The van der Waals surface area contributed by atoms with Crippen molar-refractivity contribution in [1.82, 2.24) is 0 Å². The van der Waals surface area contributed by atoms with Gasteiger partial charge in [-0.15, -0.1) is 0 Å². The lowest BCUT2D eigenvalue weighted by molar-refractivity contribution is -0.269.